The summed E-state index contributed by atoms with van der Waals surface area (Å²) in [5.74, 6) is 0.474. The quantitative estimate of drug-likeness (QED) is 0.850. The number of para-hydroxylation sites is 1. The molecule has 1 unspecified atom stereocenters. The molecule has 0 aromatic heterocycles. The molecule has 2 N–H and O–H groups in total. The number of rotatable bonds is 4. The van der Waals surface area contributed by atoms with Crippen LogP contribution < -0.4 is 10.6 Å². The third-order valence-corrected chi connectivity index (χ3v) is 4.45. The van der Waals surface area contributed by atoms with Gasteiger partial charge in [-0.05, 0) is 25.0 Å². The minimum absolute atomic E-state index is 0.110. The number of hydrogen-bond acceptors (Lipinski definition) is 4. The van der Waals surface area contributed by atoms with E-state index >= 15 is 0 Å². The molecule has 5 heteroatoms. The second kappa shape index (κ2) is 5.75. The van der Waals surface area contributed by atoms with Crippen molar-refractivity contribution in [3.8, 4) is 0 Å². The summed E-state index contributed by atoms with van der Waals surface area (Å²) in [5.41, 5.74) is 8.09. The highest BCUT2D eigenvalue weighted by atomic mass is 32.2. The zero-order valence-corrected chi connectivity index (χ0v) is 12.0. The van der Waals surface area contributed by atoms with Gasteiger partial charge in [-0.3, -0.25) is 9.59 Å². The molecule has 2 amide bonds. The summed E-state index contributed by atoms with van der Waals surface area (Å²) in [6.45, 7) is 4.36. The van der Waals surface area contributed by atoms with Crippen molar-refractivity contribution in [1.29, 1.82) is 0 Å². The van der Waals surface area contributed by atoms with Gasteiger partial charge in [-0.1, -0.05) is 18.2 Å². The number of hydrogen-bond donors (Lipinski definition) is 1. The van der Waals surface area contributed by atoms with E-state index in [9.17, 15) is 9.59 Å². The molecule has 1 heterocycles. The van der Waals surface area contributed by atoms with Gasteiger partial charge in [0.15, 0.2) is 0 Å². The zero-order chi connectivity index (χ0) is 14.0. The average molecular weight is 278 g/mol. The van der Waals surface area contributed by atoms with Gasteiger partial charge in [0.25, 0.3) is 0 Å². The van der Waals surface area contributed by atoms with Gasteiger partial charge in [0.1, 0.15) is 0 Å². The zero-order valence-electron chi connectivity index (χ0n) is 11.2. The van der Waals surface area contributed by atoms with E-state index in [0.29, 0.717) is 12.3 Å². The number of aryl methyl sites for hydroxylation is 2. The Hall–Kier alpha value is -1.33. The van der Waals surface area contributed by atoms with Crippen molar-refractivity contribution < 1.29 is 9.59 Å². The molecule has 4 nitrogen and oxygen atoms in total. The molecule has 19 heavy (non-hydrogen) atoms. The van der Waals surface area contributed by atoms with Crippen molar-refractivity contribution in [2.24, 2.45) is 5.73 Å². The molecule has 0 aliphatic carbocycles. The van der Waals surface area contributed by atoms with Crippen LogP contribution in [0.25, 0.3) is 0 Å². The number of imide groups is 1. The first-order valence-electron chi connectivity index (χ1n) is 6.31. The monoisotopic (exact) mass is 278 g/mol. The van der Waals surface area contributed by atoms with E-state index in [1.54, 1.807) is 0 Å². The van der Waals surface area contributed by atoms with E-state index < -0.39 is 0 Å². The molecule has 1 aromatic carbocycles. The Morgan fingerprint density at radius 1 is 1.32 bits per heavy atom. The Kier molecular flexibility index (Phi) is 4.27. The van der Waals surface area contributed by atoms with E-state index in [2.05, 4.69) is 0 Å². The molecule has 1 saturated heterocycles. The largest absolute Gasteiger partial charge is 0.330 e. The van der Waals surface area contributed by atoms with Crippen LogP contribution in [0.15, 0.2) is 18.2 Å². The van der Waals surface area contributed by atoms with Crippen LogP contribution in [0.5, 0.6) is 0 Å². The molecule has 0 saturated carbocycles. The van der Waals surface area contributed by atoms with Crippen LogP contribution in [0.1, 0.15) is 17.5 Å². The fraction of sp³-hybridized carbons (Fsp3) is 0.429. The highest BCUT2D eigenvalue weighted by Crippen LogP contribution is 2.33. The van der Waals surface area contributed by atoms with Crippen LogP contribution in [0.4, 0.5) is 5.69 Å². The Morgan fingerprint density at radius 3 is 2.53 bits per heavy atom. The van der Waals surface area contributed by atoms with Crippen LogP contribution in [-0.4, -0.2) is 29.4 Å². The van der Waals surface area contributed by atoms with Gasteiger partial charge in [-0.15, -0.1) is 11.8 Å². The Balaban J connectivity index is 2.30. The summed E-state index contributed by atoms with van der Waals surface area (Å²) in [7, 11) is 0. The Bertz CT molecular complexity index is 496. The van der Waals surface area contributed by atoms with E-state index in [1.165, 1.54) is 16.7 Å². The fourth-order valence-corrected chi connectivity index (χ4v) is 3.27. The lowest BCUT2D eigenvalue weighted by molar-refractivity contribution is -0.121. The van der Waals surface area contributed by atoms with Gasteiger partial charge < -0.3 is 5.73 Å². The molecule has 1 aliphatic rings. The maximum atomic E-state index is 12.4. The van der Waals surface area contributed by atoms with Crippen LogP contribution in [0.3, 0.4) is 0 Å². The number of nitrogens with zero attached hydrogens (tertiary/aromatic N) is 1. The summed E-state index contributed by atoms with van der Waals surface area (Å²) >= 11 is 1.47. The lowest BCUT2D eigenvalue weighted by atomic mass is 10.1. The van der Waals surface area contributed by atoms with Gasteiger partial charge >= 0.3 is 0 Å². The first-order chi connectivity index (χ1) is 9.06. The van der Waals surface area contributed by atoms with Crippen molar-refractivity contribution in [3.05, 3.63) is 29.3 Å². The Morgan fingerprint density at radius 2 is 1.95 bits per heavy atom. The van der Waals surface area contributed by atoms with Crippen molar-refractivity contribution in [1.82, 2.24) is 0 Å². The van der Waals surface area contributed by atoms with Crippen molar-refractivity contribution >= 4 is 29.3 Å². The van der Waals surface area contributed by atoms with E-state index in [1.807, 2.05) is 32.0 Å². The minimum atomic E-state index is -0.282. The second-order valence-corrected chi connectivity index (χ2v) is 5.97. The molecule has 2 rings (SSSR count). The first-order valence-corrected chi connectivity index (χ1v) is 7.35. The van der Waals surface area contributed by atoms with Crippen LogP contribution in [0.2, 0.25) is 0 Å². The Labute approximate surface area is 117 Å². The molecule has 102 valence electrons. The van der Waals surface area contributed by atoms with Crippen LogP contribution in [0, 0.1) is 13.8 Å². The third-order valence-electron chi connectivity index (χ3n) is 3.21. The number of thioether (sulfide) groups is 1. The van der Waals surface area contributed by atoms with Crippen molar-refractivity contribution in [3.63, 3.8) is 0 Å². The maximum Gasteiger partial charge on any atom is 0.247 e. The predicted molar refractivity (Wildman–Crippen MR) is 78.3 cm³/mol. The smallest absolute Gasteiger partial charge is 0.247 e. The van der Waals surface area contributed by atoms with Gasteiger partial charge in [0.2, 0.25) is 11.8 Å². The lowest BCUT2D eigenvalue weighted by Crippen LogP contribution is -2.32. The third kappa shape index (κ3) is 2.67. The maximum absolute atomic E-state index is 12.4. The molecule has 0 spiro atoms. The van der Waals surface area contributed by atoms with E-state index in [4.69, 9.17) is 5.73 Å². The molecule has 1 fully saturated rings. The second-order valence-electron chi connectivity index (χ2n) is 4.66. The number of anilines is 1. The summed E-state index contributed by atoms with van der Waals surface area (Å²) in [4.78, 5) is 25.8. The average Bonchev–Trinajstić information content (AvgIpc) is 2.63. The normalized spacial score (nSPS) is 19.3. The molecule has 1 atom stereocenters. The number of amides is 2. The molecular weight excluding hydrogens is 260 g/mol. The number of carbonyl (C=O) groups is 2. The predicted octanol–water partition coefficient (Wildman–Crippen LogP) is 1.63. The topological polar surface area (TPSA) is 63.4 Å². The van der Waals surface area contributed by atoms with E-state index in [-0.39, 0.29) is 23.5 Å². The summed E-state index contributed by atoms with van der Waals surface area (Å²) in [6, 6.07) is 5.77. The summed E-state index contributed by atoms with van der Waals surface area (Å²) in [6.07, 6.45) is 0.275. The molecular formula is C14H18N2O2S. The lowest BCUT2D eigenvalue weighted by Gasteiger charge is -2.19. The summed E-state index contributed by atoms with van der Waals surface area (Å²) < 4.78 is 0. The standard InChI is InChI=1S/C14H18N2O2S/c1-9-4-3-5-10(2)13(9)16-12(17)8-11(14(16)18)19-7-6-15/h3-5,11H,6-8,15H2,1-2H3. The minimum Gasteiger partial charge on any atom is -0.330 e. The van der Waals surface area contributed by atoms with Gasteiger partial charge in [0.05, 0.1) is 10.9 Å². The highest BCUT2D eigenvalue weighted by molar-refractivity contribution is 8.00. The SMILES string of the molecule is Cc1cccc(C)c1N1C(=O)CC(SCCN)C1=O. The molecule has 1 aliphatic heterocycles. The van der Waals surface area contributed by atoms with Gasteiger partial charge in [-0.25, -0.2) is 4.90 Å². The number of carbonyl (C=O) groups excluding carboxylic acids is 2. The highest BCUT2D eigenvalue weighted by Gasteiger charge is 2.40. The van der Waals surface area contributed by atoms with E-state index in [0.717, 1.165) is 16.8 Å². The molecule has 0 radical (unpaired) electrons. The molecule has 1 aromatic rings. The van der Waals surface area contributed by atoms with Crippen molar-refractivity contribution in [2.75, 3.05) is 17.2 Å². The van der Waals surface area contributed by atoms with Crippen molar-refractivity contribution in [2.45, 2.75) is 25.5 Å². The number of nitrogens with two attached hydrogens (primary N) is 1. The van der Waals surface area contributed by atoms with Gasteiger partial charge in [0, 0.05) is 18.7 Å². The van der Waals surface area contributed by atoms with Gasteiger partial charge in [-0.2, -0.15) is 0 Å². The first kappa shape index (κ1) is 14.1. The molecule has 0 bridgehead atoms. The van der Waals surface area contributed by atoms with Crippen LogP contribution in [-0.2, 0) is 9.59 Å². The van der Waals surface area contributed by atoms with Crippen LogP contribution >= 0.6 is 11.8 Å². The number of benzene rings is 1. The summed E-state index contributed by atoms with van der Waals surface area (Å²) in [5, 5.41) is -0.282. The fourth-order valence-electron chi connectivity index (χ4n) is 2.34.